The molecule has 1 unspecified atom stereocenters. The Balaban J connectivity index is 2.19. The zero-order valence-electron chi connectivity index (χ0n) is 10.4. The summed E-state index contributed by atoms with van der Waals surface area (Å²) in [4.78, 5) is 4.26. The molecule has 2 aromatic rings. The molecule has 19 heavy (non-hydrogen) atoms. The molecule has 0 aliphatic rings. The van der Waals surface area contributed by atoms with Crippen LogP contribution in [-0.2, 0) is 0 Å². The number of rotatable bonds is 5. The second kappa shape index (κ2) is 6.24. The van der Waals surface area contributed by atoms with Crippen LogP contribution < -0.4 is 5.73 Å². The smallest absolute Gasteiger partial charge is 0.209 e. The van der Waals surface area contributed by atoms with E-state index in [9.17, 15) is 0 Å². The molecule has 0 spiro atoms. The minimum absolute atomic E-state index is 0.00676. The summed E-state index contributed by atoms with van der Waals surface area (Å²) in [7, 11) is 0. The van der Waals surface area contributed by atoms with E-state index in [0.29, 0.717) is 11.6 Å². The average molecular weight is 277 g/mol. The van der Waals surface area contributed by atoms with Crippen LogP contribution in [0.4, 0.5) is 0 Å². The molecule has 7 heteroatoms. The largest absolute Gasteiger partial charge is 0.409 e. The summed E-state index contributed by atoms with van der Waals surface area (Å²) in [6, 6.07) is 9.87. The molecule has 6 nitrogen and oxygen atoms in total. The third-order valence-electron chi connectivity index (χ3n) is 2.52. The van der Waals surface area contributed by atoms with Gasteiger partial charge in [0.15, 0.2) is 0 Å². The molecule has 0 saturated heterocycles. The number of aromatic nitrogens is 3. The van der Waals surface area contributed by atoms with Gasteiger partial charge in [0.05, 0.1) is 0 Å². The van der Waals surface area contributed by atoms with Crippen molar-refractivity contribution in [2.75, 3.05) is 0 Å². The van der Waals surface area contributed by atoms with Crippen LogP contribution >= 0.6 is 11.8 Å². The van der Waals surface area contributed by atoms with Gasteiger partial charge in [0.2, 0.25) is 5.16 Å². The summed E-state index contributed by atoms with van der Waals surface area (Å²) in [6.07, 6.45) is 0.429. The van der Waals surface area contributed by atoms with E-state index in [0.717, 1.165) is 11.4 Å². The maximum absolute atomic E-state index is 8.72. The fourth-order valence-corrected chi connectivity index (χ4v) is 2.72. The number of thioether (sulfide) groups is 1. The van der Waals surface area contributed by atoms with Gasteiger partial charge in [0.25, 0.3) is 0 Å². The van der Waals surface area contributed by atoms with Crippen molar-refractivity contribution < 1.29 is 5.21 Å². The van der Waals surface area contributed by atoms with Crippen LogP contribution in [0.3, 0.4) is 0 Å². The van der Waals surface area contributed by atoms with Crippen molar-refractivity contribution in [1.82, 2.24) is 15.2 Å². The minimum Gasteiger partial charge on any atom is -0.409 e. The number of oxime groups is 1. The summed E-state index contributed by atoms with van der Waals surface area (Å²) in [5, 5.41) is 19.3. The van der Waals surface area contributed by atoms with Gasteiger partial charge in [-0.15, -0.1) is 5.10 Å². The van der Waals surface area contributed by atoms with E-state index in [1.807, 2.05) is 37.3 Å². The SMILES string of the molecule is Cc1nc(SC(CC(N)=NO)c2ccccc2)n[nH]1. The first-order chi connectivity index (χ1) is 9.19. The molecule has 0 bridgehead atoms. The Morgan fingerprint density at radius 1 is 1.47 bits per heavy atom. The number of H-pyrrole nitrogens is 1. The Morgan fingerprint density at radius 3 is 2.79 bits per heavy atom. The molecule has 0 amide bonds. The fraction of sp³-hybridized carbons (Fsp3) is 0.250. The molecule has 100 valence electrons. The third-order valence-corrected chi connectivity index (χ3v) is 3.64. The molecular formula is C12H15N5OS. The van der Waals surface area contributed by atoms with Gasteiger partial charge in [-0.25, -0.2) is 4.98 Å². The Labute approximate surface area is 115 Å². The van der Waals surface area contributed by atoms with Crippen molar-refractivity contribution in [1.29, 1.82) is 0 Å². The Hall–Kier alpha value is -2.02. The maximum atomic E-state index is 8.72. The number of amidine groups is 1. The van der Waals surface area contributed by atoms with E-state index < -0.39 is 0 Å². The second-order valence-electron chi connectivity index (χ2n) is 4.02. The molecule has 1 atom stereocenters. The quantitative estimate of drug-likeness (QED) is 0.255. The lowest BCUT2D eigenvalue weighted by molar-refractivity contribution is 0.317. The van der Waals surface area contributed by atoms with E-state index in [1.54, 1.807) is 0 Å². The van der Waals surface area contributed by atoms with Crippen LogP contribution in [0.1, 0.15) is 23.1 Å². The van der Waals surface area contributed by atoms with Crippen LogP contribution in [-0.4, -0.2) is 26.2 Å². The standard InChI is InChI=1S/C12H15N5OS/c1-8-14-12(16-15-8)19-10(7-11(13)17-18)9-5-3-2-4-6-9/h2-6,10,18H,7H2,1H3,(H2,13,17)(H,14,15,16). The van der Waals surface area contributed by atoms with Gasteiger partial charge in [-0.1, -0.05) is 47.2 Å². The van der Waals surface area contributed by atoms with Crippen molar-refractivity contribution in [2.24, 2.45) is 10.9 Å². The van der Waals surface area contributed by atoms with Crippen molar-refractivity contribution >= 4 is 17.6 Å². The molecule has 0 aliphatic carbocycles. The highest BCUT2D eigenvalue weighted by Crippen LogP contribution is 2.35. The van der Waals surface area contributed by atoms with Gasteiger partial charge in [0, 0.05) is 11.7 Å². The Kier molecular flexibility index (Phi) is 4.40. The van der Waals surface area contributed by atoms with Crippen LogP contribution in [0.5, 0.6) is 0 Å². The van der Waals surface area contributed by atoms with E-state index in [1.165, 1.54) is 11.8 Å². The van der Waals surface area contributed by atoms with Gasteiger partial charge in [-0.05, 0) is 12.5 Å². The minimum atomic E-state index is 0.00676. The van der Waals surface area contributed by atoms with E-state index in [2.05, 4.69) is 20.3 Å². The van der Waals surface area contributed by atoms with Crippen LogP contribution in [0.2, 0.25) is 0 Å². The average Bonchev–Trinajstić information content (AvgIpc) is 2.84. The molecule has 2 rings (SSSR count). The highest BCUT2D eigenvalue weighted by molar-refractivity contribution is 7.99. The van der Waals surface area contributed by atoms with E-state index in [-0.39, 0.29) is 11.1 Å². The van der Waals surface area contributed by atoms with Crippen LogP contribution in [0, 0.1) is 6.92 Å². The summed E-state index contributed by atoms with van der Waals surface area (Å²) < 4.78 is 0. The number of benzene rings is 1. The molecule has 0 saturated carbocycles. The van der Waals surface area contributed by atoms with Gasteiger partial charge in [-0.3, -0.25) is 5.10 Å². The first-order valence-electron chi connectivity index (χ1n) is 5.76. The predicted octanol–water partition coefficient (Wildman–Crippen LogP) is 2.08. The number of nitrogens with zero attached hydrogens (tertiary/aromatic N) is 3. The normalized spacial score (nSPS) is 13.4. The van der Waals surface area contributed by atoms with Gasteiger partial charge < -0.3 is 10.9 Å². The van der Waals surface area contributed by atoms with Crippen molar-refractivity contribution in [3.63, 3.8) is 0 Å². The number of aryl methyl sites for hydroxylation is 1. The number of hydrogen-bond acceptors (Lipinski definition) is 5. The lowest BCUT2D eigenvalue weighted by Gasteiger charge is -2.14. The molecule has 0 aliphatic heterocycles. The summed E-state index contributed by atoms with van der Waals surface area (Å²) in [6.45, 7) is 1.85. The summed E-state index contributed by atoms with van der Waals surface area (Å²) in [5.74, 6) is 0.951. The van der Waals surface area contributed by atoms with E-state index in [4.69, 9.17) is 10.9 Å². The number of aromatic amines is 1. The number of nitrogens with two attached hydrogens (primary N) is 1. The Bertz CT molecular complexity index is 554. The first-order valence-corrected chi connectivity index (χ1v) is 6.64. The number of nitrogens with one attached hydrogen (secondary N) is 1. The van der Waals surface area contributed by atoms with Crippen molar-refractivity contribution in [2.45, 2.75) is 23.8 Å². The second-order valence-corrected chi connectivity index (χ2v) is 5.19. The maximum Gasteiger partial charge on any atom is 0.209 e. The Morgan fingerprint density at radius 2 is 2.21 bits per heavy atom. The molecule has 1 aromatic heterocycles. The lowest BCUT2D eigenvalue weighted by Crippen LogP contribution is -2.14. The van der Waals surface area contributed by atoms with E-state index >= 15 is 0 Å². The van der Waals surface area contributed by atoms with Crippen LogP contribution in [0.25, 0.3) is 0 Å². The monoisotopic (exact) mass is 277 g/mol. The third kappa shape index (κ3) is 3.72. The summed E-state index contributed by atoms with van der Waals surface area (Å²) >= 11 is 1.48. The van der Waals surface area contributed by atoms with Gasteiger partial charge in [0.1, 0.15) is 11.7 Å². The number of hydrogen-bond donors (Lipinski definition) is 3. The highest BCUT2D eigenvalue weighted by atomic mass is 32.2. The van der Waals surface area contributed by atoms with Gasteiger partial charge >= 0.3 is 0 Å². The summed E-state index contributed by atoms with van der Waals surface area (Å²) in [5.41, 5.74) is 6.69. The van der Waals surface area contributed by atoms with Crippen molar-refractivity contribution in [3.05, 3.63) is 41.7 Å². The zero-order chi connectivity index (χ0) is 13.7. The molecule has 4 N–H and O–H groups in total. The van der Waals surface area contributed by atoms with Crippen molar-refractivity contribution in [3.8, 4) is 0 Å². The fourth-order valence-electron chi connectivity index (χ4n) is 1.63. The van der Waals surface area contributed by atoms with Crippen LogP contribution in [0.15, 0.2) is 40.6 Å². The molecule has 0 fully saturated rings. The highest BCUT2D eigenvalue weighted by Gasteiger charge is 2.17. The lowest BCUT2D eigenvalue weighted by atomic mass is 10.1. The topological polar surface area (TPSA) is 100 Å². The predicted molar refractivity (Wildman–Crippen MR) is 74.2 cm³/mol. The zero-order valence-corrected chi connectivity index (χ0v) is 11.3. The van der Waals surface area contributed by atoms with Gasteiger partial charge in [-0.2, -0.15) is 0 Å². The molecule has 0 radical (unpaired) electrons. The first kappa shape index (κ1) is 13.4. The molecule has 1 heterocycles. The molecular weight excluding hydrogens is 262 g/mol. The molecule has 1 aromatic carbocycles.